The fraction of sp³-hybridized carbons (Fsp3) is 0.350. The molecule has 1 N–H and O–H groups in total. The molecule has 1 saturated heterocycles. The van der Waals surface area contributed by atoms with Crippen molar-refractivity contribution in [1.29, 1.82) is 0 Å². The lowest BCUT2D eigenvalue weighted by atomic mass is 10.0. The molecule has 0 aliphatic carbocycles. The van der Waals surface area contributed by atoms with Crippen LogP contribution in [0.3, 0.4) is 0 Å². The molecule has 0 unspecified atom stereocenters. The Hall–Kier alpha value is -2.15. The minimum absolute atomic E-state index is 0.0608. The summed E-state index contributed by atoms with van der Waals surface area (Å²) in [6.07, 6.45) is 0. The van der Waals surface area contributed by atoms with Crippen molar-refractivity contribution >= 4 is 17.5 Å². The average molecular weight is 393 g/mol. The van der Waals surface area contributed by atoms with Crippen molar-refractivity contribution in [2.24, 2.45) is 0 Å². The number of carbonyl (C=O) groups excluding carboxylic acids is 1. The van der Waals surface area contributed by atoms with Crippen LogP contribution in [-0.2, 0) is 4.74 Å². The van der Waals surface area contributed by atoms with Gasteiger partial charge in [0, 0.05) is 19.6 Å². The number of nitrogens with one attached hydrogen (secondary N) is 1. The molecule has 0 radical (unpaired) electrons. The summed E-state index contributed by atoms with van der Waals surface area (Å²) in [7, 11) is 1.62. The molecule has 1 aliphatic heterocycles. The molecular weight excluding hydrogens is 371 g/mol. The maximum atomic E-state index is 14.0. The second kappa shape index (κ2) is 9.17. The first-order valence-electron chi connectivity index (χ1n) is 8.78. The van der Waals surface area contributed by atoms with Gasteiger partial charge in [0.2, 0.25) is 0 Å². The highest BCUT2D eigenvalue weighted by atomic mass is 35.5. The zero-order valence-electron chi connectivity index (χ0n) is 15.1. The van der Waals surface area contributed by atoms with Gasteiger partial charge < -0.3 is 14.8 Å². The van der Waals surface area contributed by atoms with E-state index in [4.69, 9.17) is 21.1 Å². The summed E-state index contributed by atoms with van der Waals surface area (Å²) in [6, 6.07) is 11.9. The van der Waals surface area contributed by atoms with E-state index in [1.165, 1.54) is 18.2 Å². The third-order valence-electron chi connectivity index (χ3n) is 4.63. The summed E-state index contributed by atoms with van der Waals surface area (Å²) < 4.78 is 24.6. The Balaban J connectivity index is 1.77. The minimum Gasteiger partial charge on any atom is -0.497 e. The first-order valence-corrected chi connectivity index (χ1v) is 9.16. The Morgan fingerprint density at radius 2 is 1.96 bits per heavy atom. The highest BCUT2D eigenvalue weighted by Crippen LogP contribution is 2.24. The van der Waals surface area contributed by atoms with Gasteiger partial charge >= 0.3 is 0 Å². The van der Waals surface area contributed by atoms with Crippen molar-refractivity contribution in [2.45, 2.75) is 6.04 Å². The molecule has 0 spiro atoms. The first-order chi connectivity index (χ1) is 13.1. The molecule has 7 heteroatoms. The van der Waals surface area contributed by atoms with Crippen LogP contribution in [0.15, 0.2) is 42.5 Å². The van der Waals surface area contributed by atoms with Gasteiger partial charge in [-0.15, -0.1) is 0 Å². The third kappa shape index (κ3) is 4.77. The molecule has 2 aromatic carbocycles. The zero-order valence-corrected chi connectivity index (χ0v) is 15.8. The van der Waals surface area contributed by atoms with E-state index in [0.717, 1.165) is 24.4 Å². The molecule has 1 amide bonds. The molecule has 0 aromatic heterocycles. The Bertz CT molecular complexity index is 759. The summed E-state index contributed by atoms with van der Waals surface area (Å²) in [5.74, 6) is -0.390. The Kier molecular flexibility index (Phi) is 6.66. The molecule has 3 rings (SSSR count). The molecule has 1 heterocycles. The van der Waals surface area contributed by atoms with E-state index in [9.17, 15) is 9.18 Å². The number of benzene rings is 2. The van der Waals surface area contributed by atoms with E-state index in [2.05, 4.69) is 10.2 Å². The molecule has 0 saturated carbocycles. The van der Waals surface area contributed by atoms with Gasteiger partial charge in [0.05, 0.1) is 37.0 Å². The van der Waals surface area contributed by atoms with Crippen LogP contribution < -0.4 is 10.1 Å². The Labute approximate surface area is 163 Å². The normalized spacial score (nSPS) is 16.0. The van der Waals surface area contributed by atoms with Gasteiger partial charge in [-0.05, 0) is 29.8 Å². The van der Waals surface area contributed by atoms with Crippen LogP contribution >= 0.6 is 11.6 Å². The highest BCUT2D eigenvalue weighted by Gasteiger charge is 2.24. The van der Waals surface area contributed by atoms with Gasteiger partial charge in [-0.3, -0.25) is 9.69 Å². The minimum atomic E-state index is -0.632. The standard InChI is InChI=1S/C20H22ClFN2O3/c1-26-15-7-5-14(6-8-15)18(24-9-11-27-12-10-24)13-23-20(25)19-16(21)3-2-4-17(19)22/h2-8,18H,9-13H2,1H3,(H,23,25)/t18-/m0/s1. The number of methoxy groups -OCH3 is 1. The van der Waals surface area contributed by atoms with Gasteiger partial charge in [0.15, 0.2) is 0 Å². The van der Waals surface area contributed by atoms with Crippen molar-refractivity contribution in [3.05, 3.63) is 64.4 Å². The van der Waals surface area contributed by atoms with E-state index < -0.39 is 11.7 Å². The van der Waals surface area contributed by atoms with Crippen LogP contribution in [0.25, 0.3) is 0 Å². The summed E-state index contributed by atoms with van der Waals surface area (Å²) in [5, 5.41) is 2.93. The number of hydrogen-bond acceptors (Lipinski definition) is 4. The highest BCUT2D eigenvalue weighted by molar-refractivity contribution is 6.33. The van der Waals surface area contributed by atoms with E-state index >= 15 is 0 Å². The predicted molar refractivity (Wildman–Crippen MR) is 102 cm³/mol. The van der Waals surface area contributed by atoms with Gasteiger partial charge in [-0.2, -0.15) is 0 Å². The van der Waals surface area contributed by atoms with Crippen LogP contribution in [-0.4, -0.2) is 50.8 Å². The second-order valence-corrected chi connectivity index (χ2v) is 6.65. The molecule has 144 valence electrons. The largest absolute Gasteiger partial charge is 0.497 e. The van der Waals surface area contributed by atoms with E-state index in [1.807, 2.05) is 24.3 Å². The number of hydrogen-bond donors (Lipinski definition) is 1. The van der Waals surface area contributed by atoms with Gasteiger partial charge in [-0.25, -0.2) is 4.39 Å². The molecule has 5 nitrogen and oxygen atoms in total. The number of carbonyl (C=O) groups is 1. The quantitative estimate of drug-likeness (QED) is 0.819. The van der Waals surface area contributed by atoms with E-state index in [-0.39, 0.29) is 16.6 Å². The second-order valence-electron chi connectivity index (χ2n) is 6.24. The SMILES string of the molecule is COc1ccc([C@H](CNC(=O)c2c(F)cccc2Cl)N2CCOCC2)cc1. The number of ether oxygens (including phenoxy) is 2. The molecular formula is C20H22ClFN2O3. The molecule has 0 bridgehead atoms. The van der Waals surface area contributed by atoms with Gasteiger partial charge in [0.1, 0.15) is 11.6 Å². The summed E-state index contributed by atoms with van der Waals surface area (Å²) in [4.78, 5) is 14.8. The number of halogens is 2. The van der Waals surface area contributed by atoms with Crippen molar-refractivity contribution in [3.8, 4) is 5.75 Å². The Morgan fingerprint density at radius 3 is 2.59 bits per heavy atom. The van der Waals surface area contributed by atoms with Crippen LogP contribution in [0.2, 0.25) is 5.02 Å². The topological polar surface area (TPSA) is 50.8 Å². The number of morpholine rings is 1. The fourth-order valence-corrected chi connectivity index (χ4v) is 3.41. The molecule has 1 fully saturated rings. The lowest BCUT2D eigenvalue weighted by Crippen LogP contribution is -2.44. The summed E-state index contributed by atoms with van der Waals surface area (Å²) in [5.41, 5.74) is 0.909. The molecule has 1 aliphatic rings. The maximum Gasteiger partial charge on any atom is 0.255 e. The zero-order chi connectivity index (χ0) is 19.2. The smallest absolute Gasteiger partial charge is 0.255 e. The number of amides is 1. The average Bonchev–Trinajstić information content (AvgIpc) is 2.69. The number of nitrogens with zero attached hydrogens (tertiary/aromatic N) is 1. The number of rotatable bonds is 6. The first kappa shape index (κ1) is 19.6. The fourth-order valence-electron chi connectivity index (χ4n) is 3.17. The molecule has 1 atom stereocenters. The monoisotopic (exact) mass is 392 g/mol. The van der Waals surface area contributed by atoms with Crippen LogP contribution in [0.4, 0.5) is 4.39 Å². The summed E-state index contributed by atoms with van der Waals surface area (Å²) >= 11 is 6.00. The predicted octanol–water partition coefficient (Wildman–Crippen LogP) is 3.29. The third-order valence-corrected chi connectivity index (χ3v) is 4.95. The van der Waals surface area contributed by atoms with Gasteiger partial charge in [0.25, 0.3) is 5.91 Å². The van der Waals surface area contributed by atoms with Crippen LogP contribution in [0.1, 0.15) is 22.0 Å². The molecule has 2 aromatic rings. The van der Waals surface area contributed by atoms with E-state index in [1.54, 1.807) is 7.11 Å². The van der Waals surface area contributed by atoms with Crippen LogP contribution in [0, 0.1) is 5.82 Å². The summed E-state index contributed by atoms with van der Waals surface area (Å²) in [6.45, 7) is 3.12. The van der Waals surface area contributed by atoms with Crippen molar-refractivity contribution in [2.75, 3.05) is 40.0 Å². The van der Waals surface area contributed by atoms with Crippen LogP contribution in [0.5, 0.6) is 5.75 Å². The lowest BCUT2D eigenvalue weighted by molar-refractivity contribution is 0.0162. The van der Waals surface area contributed by atoms with Crippen molar-refractivity contribution in [3.63, 3.8) is 0 Å². The lowest BCUT2D eigenvalue weighted by Gasteiger charge is -2.35. The van der Waals surface area contributed by atoms with Crippen molar-refractivity contribution in [1.82, 2.24) is 10.2 Å². The Morgan fingerprint density at radius 1 is 1.26 bits per heavy atom. The van der Waals surface area contributed by atoms with Crippen molar-refractivity contribution < 1.29 is 18.7 Å². The maximum absolute atomic E-state index is 14.0. The molecule has 27 heavy (non-hydrogen) atoms. The van der Waals surface area contributed by atoms with Gasteiger partial charge in [-0.1, -0.05) is 29.8 Å². The van der Waals surface area contributed by atoms with E-state index in [0.29, 0.717) is 19.8 Å².